The van der Waals surface area contributed by atoms with E-state index in [1.807, 2.05) is 5.32 Å². The topological polar surface area (TPSA) is 225 Å². The van der Waals surface area contributed by atoms with Crippen LogP contribution in [0.15, 0.2) is 0 Å². The third kappa shape index (κ3) is 18.6. The summed E-state index contributed by atoms with van der Waals surface area (Å²) in [5.74, 6) is -1.77. The van der Waals surface area contributed by atoms with Crippen LogP contribution in [0.2, 0.25) is 0 Å². The van der Waals surface area contributed by atoms with Gasteiger partial charge in [-0.25, -0.2) is 14.4 Å². The average molecular weight is 475 g/mol. The summed E-state index contributed by atoms with van der Waals surface area (Å²) in [6.45, 7) is -1.36. The number of carboxylic acids is 1. The number of carboxylic acid groups (broad SMARTS) is 1. The lowest BCUT2D eigenvalue weighted by molar-refractivity contribution is -0.758. The highest BCUT2D eigenvalue weighted by Gasteiger charge is 2.22. The third-order valence-electron chi connectivity index (χ3n) is 2.72. The second kappa shape index (κ2) is 17.7. The van der Waals surface area contributed by atoms with Gasteiger partial charge in [-0.15, -0.1) is 20.2 Å². The van der Waals surface area contributed by atoms with Gasteiger partial charge in [0.15, 0.2) is 0 Å². The molecule has 0 aromatic heterocycles. The van der Waals surface area contributed by atoms with Gasteiger partial charge in [-0.2, -0.15) is 0 Å². The molecule has 0 spiro atoms. The maximum absolute atomic E-state index is 11.6. The molecule has 0 heterocycles. The van der Waals surface area contributed by atoms with Crippen LogP contribution >= 0.6 is 11.8 Å². The number of rotatable bonds is 18. The minimum Gasteiger partial charge on any atom is -0.480 e. The van der Waals surface area contributed by atoms with Crippen LogP contribution in [-0.4, -0.2) is 97.3 Å². The molecule has 1 unspecified atom stereocenters. The van der Waals surface area contributed by atoms with Crippen LogP contribution in [-0.2, 0) is 33.4 Å². The highest BCUT2D eigenvalue weighted by Crippen LogP contribution is 2.08. The largest absolute Gasteiger partial charge is 0.480 e. The van der Waals surface area contributed by atoms with E-state index < -0.39 is 33.6 Å². The van der Waals surface area contributed by atoms with Crippen LogP contribution in [0.25, 0.3) is 0 Å². The molecule has 0 radical (unpaired) electrons. The van der Waals surface area contributed by atoms with E-state index in [2.05, 4.69) is 14.4 Å². The molecule has 0 rings (SSSR count). The molecule has 18 heteroatoms. The van der Waals surface area contributed by atoms with Gasteiger partial charge in [0.2, 0.25) is 0 Å². The van der Waals surface area contributed by atoms with Gasteiger partial charge in [0, 0.05) is 5.75 Å². The molecular weight excluding hydrogens is 454 g/mol. The number of carbonyl (C=O) groups excluding carboxylic acids is 2. The van der Waals surface area contributed by atoms with Gasteiger partial charge in [-0.3, -0.25) is 0 Å². The molecular formula is C13H21N3O14S. The van der Waals surface area contributed by atoms with Crippen molar-refractivity contribution in [2.45, 2.75) is 6.04 Å². The van der Waals surface area contributed by atoms with Crippen LogP contribution in [0.4, 0.5) is 9.59 Å². The van der Waals surface area contributed by atoms with Crippen LogP contribution < -0.4 is 5.32 Å². The Labute approximate surface area is 178 Å². The lowest BCUT2D eigenvalue weighted by atomic mass is 10.3. The number of ether oxygens (including phenoxy) is 4. The van der Waals surface area contributed by atoms with Gasteiger partial charge in [0.1, 0.15) is 32.5 Å². The van der Waals surface area contributed by atoms with E-state index >= 15 is 0 Å². The maximum Gasteiger partial charge on any atom is 0.407 e. The van der Waals surface area contributed by atoms with Crippen molar-refractivity contribution in [3.8, 4) is 0 Å². The van der Waals surface area contributed by atoms with Gasteiger partial charge < -0.3 is 39.0 Å². The Morgan fingerprint density at radius 2 is 1.32 bits per heavy atom. The molecule has 1 amide bonds. The van der Waals surface area contributed by atoms with E-state index in [1.54, 1.807) is 0 Å². The highest BCUT2D eigenvalue weighted by molar-refractivity contribution is 8.13. The highest BCUT2D eigenvalue weighted by atomic mass is 32.2. The molecule has 0 aliphatic rings. The minimum absolute atomic E-state index is 0.0550. The molecule has 17 nitrogen and oxygen atoms in total. The third-order valence-corrected chi connectivity index (χ3v) is 3.57. The zero-order valence-corrected chi connectivity index (χ0v) is 16.8. The van der Waals surface area contributed by atoms with Crippen molar-refractivity contribution >= 4 is 29.1 Å². The second-order valence-electron chi connectivity index (χ2n) is 4.92. The summed E-state index contributed by atoms with van der Waals surface area (Å²) in [5.41, 5.74) is 0. The fourth-order valence-corrected chi connectivity index (χ4v) is 2.17. The maximum atomic E-state index is 11.6. The van der Waals surface area contributed by atoms with Crippen molar-refractivity contribution in [1.82, 2.24) is 5.32 Å². The van der Waals surface area contributed by atoms with E-state index in [0.29, 0.717) is 11.8 Å². The quantitative estimate of drug-likeness (QED) is 0.110. The van der Waals surface area contributed by atoms with Gasteiger partial charge in [-0.05, 0) is 11.8 Å². The number of aliphatic carboxylic acids is 1. The lowest BCUT2D eigenvalue weighted by Gasteiger charge is -2.14. The summed E-state index contributed by atoms with van der Waals surface area (Å²) in [5, 5.41) is 28.1. The van der Waals surface area contributed by atoms with Crippen LogP contribution in [0.1, 0.15) is 0 Å². The Hall–Kier alpha value is -3.12. The predicted octanol–water partition coefficient (Wildman–Crippen LogP) is -0.515. The summed E-state index contributed by atoms with van der Waals surface area (Å²) in [7, 11) is 0. The van der Waals surface area contributed by atoms with Gasteiger partial charge in [0.05, 0.1) is 26.4 Å². The number of hydrogen-bond donors (Lipinski definition) is 2. The molecule has 0 aliphatic heterocycles. The van der Waals surface area contributed by atoms with Crippen molar-refractivity contribution in [3.05, 3.63) is 20.2 Å². The average Bonchev–Trinajstić information content (AvgIpc) is 2.68. The first-order valence-corrected chi connectivity index (χ1v) is 9.36. The van der Waals surface area contributed by atoms with Crippen LogP contribution in [0.5, 0.6) is 0 Å². The standard InChI is InChI=1S/C13H21N3O14S/c17-11(18)10(14-12(19)27-5-1-25-3-7-29-15(21)22)9-31-13(20)28-6-2-26-4-8-30-16(23)24/h10H,1-9H2,(H,14,19)(H,17,18). The van der Waals surface area contributed by atoms with E-state index in [0.717, 1.165) is 0 Å². The number of nitrogens with zero attached hydrogens (tertiary/aromatic N) is 2. The molecule has 0 aromatic carbocycles. The first-order chi connectivity index (χ1) is 14.7. The van der Waals surface area contributed by atoms with Crippen molar-refractivity contribution in [2.24, 2.45) is 0 Å². The Kier molecular flexibility index (Phi) is 15.9. The fourth-order valence-electron chi connectivity index (χ4n) is 1.47. The fraction of sp³-hybridized carbons (Fsp3) is 0.769. The van der Waals surface area contributed by atoms with Crippen LogP contribution in [0, 0.1) is 20.2 Å². The molecule has 2 N–H and O–H groups in total. The molecule has 31 heavy (non-hydrogen) atoms. The van der Waals surface area contributed by atoms with Gasteiger partial charge >= 0.3 is 17.4 Å². The van der Waals surface area contributed by atoms with Crippen molar-refractivity contribution < 1.29 is 58.3 Å². The van der Waals surface area contributed by atoms with E-state index in [1.165, 1.54) is 0 Å². The van der Waals surface area contributed by atoms with Crippen molar-refractivity contribution in [2.75, 3.05) is 58.6 Å². The number of hydrogen-bond acceptors (Lipinski definition) is 14. The summed E-state index contributed by atoms with van der Waals surface area (Å²) < 4.78 is 19.2. The molecule has 0 saturated carbocycles. The summed E-state index contributed by atoms with van der Waals surface area (Å²) in [4.78, 5) is 62.0. The van der Waals surface area contributed by atoms with E-state index in [-0.39, 0.29) is 58.6 Å². The predicted molar refractivity (Wildman–Crippen MR) is 97.2 cm³/mol. The second-order valence-corrected chi connectivity index (χ2v) is 5.87. The summed E-state index contributed by atoms with van der Waals surface area (Å²) >= 11 is 0.491. The lowest BCUT2D eigenvalue weighted by Crippen LogP contribution is -2.43. The molecule has 0 aromatic rings. The molecule has 0 bridgehead atoms. The molecule has 1 atom stereocenters. The minimum atomic E-state index is -1.45. The zero-order chi connectivity index (χ0) is 23.5. The Morgan fingerprint density at radius 3 is 1.81 bits per heavy atom. The van der Waals surface area contributed by atoms with Gasteiger partial charge in [-0.1, -0.05) is 0 Å². The van der Waals surface area contributed by atoms with Gasteiger partial charge in [0.25, 0.3) is 10.2 Å². The van der Waals surface area contributed by atoms with Crippen LogP contribution in [0.3, 0.4) is 0 Å². The zero-order valence-electron chi connectivity index (χ0n) is 16.0. The van der Waals surface area contributed by atoms with Crippen molar-refractivity contribution in [3.63, 3.8) is 0 Å². The SMILES string of the molecule is O=C(NC(CSC(=O)OCCOCCO[N+](=O)[O-])C(=O)O)OCCOCCO[N+](=O)[O-]. The Balaban J connectivity index is 3.88. The summed E-state index contributed by atoms with van der Waals surface area (Å²) in [6.07, 6.45) is -1.07. The Bertz CT molecular complexity index is 592. The molecule has 0 aliphatic carbocycles. The number of amides is 1. The summed E-state index contributed by atoms with van der Waals surface area (Å²) in [6, 6.07) is -1.45. The Morgan fingerprint density at radius 1 is 0.839 bits per heavy atom. The first kappa shape index (κ1) is 27.9. The van der Waals surface area contributed by atoms with E-state index in [4.69, 9.17) is 19.3 Å². The van der Waals surface area contributed by atoms with Crippen molar-refractivity contribution in [1.29, 1.82) is 0 Å². The normalized spacial score (nSPS) is 11.1. The first-order valence-electron chi connectivity index (χ1n) is 8.38. The van der Waals surface area contributed by atoms with E-state index in [9.17, 15) is 34.6 Å². The number of carbonyl (C=O) groups is 3. The molecule has 0 saturated heterocycles. The number of thioether (sulfide) groups is 1. The number of nitrogens with one attached hydrogen (secondary N) is 1. The monoisotopic (exact) mass is 475 g/mol. The molecule has 0 fully saturated rings. The molecule has 178 valence electrons. The number of alkyl carbamates (subject to hydrolysis) is 1. The smallest absolute Gasteiger partial charge is 0.407 e.